The molecule has 0 radical (unpaired) electrons. The number of aryl methyl sites for hydroxylation is 1. The zero-order chi connectivity index (χ0) is 24.1. The van der Waals surface area contributed by atoms with E-state index in [2.05, 4.69) is 15.6 Å². The Morgan fingerprint density at radius 1 is 1.26 bits per heavy atom. The molecule has 4 rings (SSSR count). The molecule has 0 aliphatic carbocycles. The fourth-order valence-corrected chi connectivity index (χ4v) is 4.46. The predicted octanol–water partition coefficient (Wildman–Crippen LogP) is 3.71. The lowest BCUT2D eigenvalue weighted by Gasteiger charge is -2.39. The van der Waals surface area contributed by atoms with Crippen molar-refractivity contribution in [2.45, 2.75) is 33.1 Å². The second-order valence-corrected chi connectivity index (χ2v) is 9.09. The van der Waals surface area contributed by atoms with Crippen LogP contribution in [0.5, 0.6) is 5.75 Å². The Morgan fingerprint density at radius 3 is 2.76 bits per heavy atom. The molecule has 3 heterocycles. The smallest absolute Gasteiger partial charge is 0.246 e. The van der Waals surface area contributed by atoms with Gasteiger partial charge in [0.25, 0.3) is 0 Å². The van der Waals surface area contributed by atoms with Gasteiger partial charge in [0, 0.05) is 19.3 Å². The SMILES string of the molecule is C/C=C(\CN(C)C(=O)/C=C/c1cnc2c(c1)CC1(CCNCC1)C(=O)N2)Oc1ccccc1C. The van der Waals surface area contributed by atoms with E-state index in [1.54, 1.807) is 30.3 Å². The summed E-state index contributed by atoms with van der Waals surface area (Å²) >= 11 is 0. The molecular formula is C27H32N4O3. The average molecular weight is 461 g/mol. The molecule has 2 aliphatic heterocycles. The number of nitrogens with one attached hydrogen (secondary N) is 2. The molecule has 178 valence electrons. The number of para-hydroxylation sites is 1. The molecule has 1 saturated heterocycles. The quantitative estimate of drug-likeness (QED) is 0.507. The van der Waals surface area contributed by atoms with Crippen molar-refractivity contribution in [2.75, 3.05) is 32.0 Å². The van der Waals surface area contributed by atoms with E-state index >= 15 is 0 Å². The first-order chi connectivity index (χ1) is 16.4. The van der Waals surface area contributed by atoms with E-state index in [1.807, 2.05) is 50.3 Å². The molecular weight excluding hydrogens is 428 g/mol. The molecule has 0 bridgehead atoms. The lowest BCUT2D eigenvalue weighted by atomic mass is 9.71. The Labute approximate surface area is 200 Å². The summed E-state index contributed by atoms with van der Waals surface area (Å²) in [6, 6.07) is 9.82. The van der Waals surface area contributed by atoms with Gasteiger partial charge in [0.15, 0.2) is 0 Å². The maximum Gasteiger partial charge on any atom is 0.246 e. The third kappa shape index (κ3) is 5.20. The number of anilines is 1. The maximum atomic E-state index is 12.7. The molecule has 2 amide bonds. The van der Waals surface area contributed by atoms with Gasteiger partial charge in [-0.3, -0.25) is 9.59 Å². The summed E-state index contributed by atoms with van der Waals surface area (Å²) in [5, 5.41) is 6.31. The van der Waals surface area contributed by atoms with Crippen molar-refractivity contribution in [2.24, 2.45) is 5.41 Å². The van der Waals surface area contributed by atoms with E-state index in [0.717, 1.165) is 48.4 Å². The molecule has 34 heavy (non-hydrogen) atoms. The van der Waals surface area contributed by atoms with Gasteiger partial charge in [-0.25, -0.2) is 4.98 Å². The van der Waals surface area contributed by atoms with Crippen LogP contribution in [-0.4, -0.2) is 48.4 Å². The van der Waals surface area contributed by atoms with Crippen LogP contribution >= 0.6 is 0 Å². The number of ether oxygens (including phenoxy) is 1. The highest BCUT2D eigenvalue weighted by atomic mass is 16.5. The number of pyridine rings is 1. The molecule has 1 spiro atoms. The lowest BCUT2D eigenvalue weighted by molar-refractivity contribution is -0.127. The number of piperidine rings is 1. The van der Waals surface area contributed by atoms with Gasteiger partial charge in [-0.2, -0.15) is 0 Å². The van der Waals surface area contributed by atoms with Crippen LogP contribution in [0.3, 0.4) is 0 Å². The molecule has 7 nitrogen and oxygen atoms in total. The van der Waals surface area contributed by atoms with Gasteiger partial charge in [-0.05, 0) is 87.2 Å². The number of allylic oxidation sites excluding steroid dienone is 1. The lowest BCUT2D eigenvalue weighted by Crippen LogP contribution is -2.48. The minimum atomic E-state index is -0.363. The number of amides is 2. The Kier molecular flexibility index (Phi) is 7.12. The summed E-state index contributed by atoms with van der Waals surface area (Å²) < 4.78 is 6.00. The molecule has 1 fully saturated rings. The number of rotatable bonds is 6. The summed E-state index contributed by atoms with van der Waals surface area (Å²) in [6.45, 7) is 5.94. The number of likely N-dealkylation sites (N-methyl/N-ethyl adjacent to an activating group) is 1. The van der Waals surface area contributed by atoms with Crippen molar-refractivity contribution in [1.82, 2.24) is 15.2 Å². The molecule has 7 heteroatoms. The van der Waals surface area contributed by atoms with Crippen LogP contribution in [0, 0.1) is 12.3 Å². The second kappa shape index (κ2) is 10.2. The van der Waals surface area contributed by atoms with Gasteiger partial charge in [-0.15, -0.1) is 0 Å². The number of nitrogens with zero attached hydrogens (tertiary/aromatic N) is 2. The van der Waals surface area contributed by atoms with E-state index in [0.29, 0.717) is 24.5 Å². The number of carbonyl (C=O) groups excluding carboxylic acids is 2. The maximum absolute atomic E-state index is 12.7. The number of benzene rings is 1. The Bertz CT molecular complexity index is 1130. The third-order valence-electron chi connectivity index (χ3n) is 6.64. The van der Waals surface area contributed by atoms with Crippen molar-refractivity contribution in [1.29, 1.82) is 0 Å². The van der Waals surface area contributed by atoms with Gasteiger partial charge in [0.05, 0.1) is 12.0 Å². The first-order valence-electron chi connectivity index (χ1n) is 11.7. The minimum absolute atomic E-state index is 0.0711. The van der Waals surface area contributed by atoms with Crippen LogP contribution in [0.25, 0.3) is 6.08 Å². The third-order valence-corrected chi connectivity index (χ3v) is 6.64. The van der Waals surface area contributed by atoms with Crippen LogP contribution in [0.15, 0.2) is 54.4 Å². The highest BCUT2D eigenvalue weighted by molar-refractivity contribution is 5.98. The summed E-state index contributed by atoms with van der Waals surface area (Å²) in [6.07, 6.45) is 9.19. The fourth-order valence-electron chi connectivity index (χ4n) is 4.46. The number of aromatic nitrogens is 1. The highest BCUT2D eigenvalue weighted by Crippen LogP contribution is 2.39. The Hall–Kier alpha value is -3.45. The normalized spacial score (nSPS) is 17.4. The summed E-state index contributed by atoms with van der Waals surface area (Å²) in [4.78, 5) is 31.5. The van der Waals surface area contributed by atoms with Crippen LogP contribution in [0.2, 0.25) is 0 Å². The van der Waals surface area contributed by atoms with E-state index in [9.17, 15) is 9.59 Å². The number of carbonyl (C=O) groups is 2. The zero-order valence-electron chi connectivity index (χ0n) is 20.1. The Morgan fingerprint density at radius 2 is 2.03 bits per heavy atom. The molecule has 0 saturated carbocycles. The largest absolute Gasteiger partial charge is 0.460 e. The van der Waals surface area contributed by atoms with E-state index in [1.165, 1.54) is 0 Å². The van der Waals surface area contributed by atoms with Gasteiger partial charge in [0.2, 0.25) is 11.8 Å². The van der Waals surface area contributed by atoms with Crippen molar-refractivity contribution in [3.8, 4) is 5.75 Å². The fraction of sp³-hybridized carbons (Fsp3) is 0.370. The van der Waals surface area contributed by atoms with Crippen LogP contribution < -0.4 is 15.4 Å². The minimum Gasteiger partial charge on any atom is -0.460 e. The van der Waals surface area contributed by atoms with Gasteiger partial charge < -0.3 is 20.3 Å². The molecule has 2 aromatic rings. The van der Waals surface area contributed by atoms with E-state index in [-0.39, 0.29) is 17.2 Å². The van der Waals surface area contributed by atoms with Gasteiger partial charge in [0.1, 0.15) is 17.3 Å². The van der Waals surface area contributed by atoms with Gasteiger partial charge >= 0.3 is 0 Å². The highest BCUT2D eigenvalue weighted by Gasteiger charge is 2.43. The number of hydrogen-bond acceptors (Lipinski definition) is 5. The Balaban J connectivity index is 1.40. The topological polar surface area (TPSA) is 83.6 Å². The van der Waals surface area contributed by atoms with Crippen molar-refractivity contribution in [3.63, 3.8) is 0 Å². The summed E-state index contributed by atoms with van der Waals surface area (Å²) in [7, 11) is 1.75. The zero-order valence-corrected chi connectivity index (χ0v) is 20.1. The predicted molar refractivity (Wildman–Crippen MR) is 133 cm³/mol. The molecule has 0 atom stereocenters. The average Bonchev–Trinajstić information content (AvgIpc) is 2.84. The number of fused-ring (bicyclic) bond motifs is 1. The van der Waals surface area contributed by atoms with E-state index in [4.69, 9.17) is 4.74 Å². The molecule has 2 N–H and O–H groups in total. The van der Waals surface area contributed by atoms with Crippen LogP contribution in [0.4, 0.5) is 5.82 Å². The van der Waals surface area contributed by atoms with Crippen LogP contribution in [0.1, 0.15) is 36.5 Å². The summed E-state index contributed by atoms with van der Waals surface area (Å²) in [5.74, 6) is 2.05. The summed E-state index contributed by atoms with van der Waals surface area (Å²) in [5.41, 5.74) is 2.53. The first kappa shape index (κ1) is 23.7. The van der Waals surface area contributed by atoms with Gasteiger partial charge in [-0.1, -0.05) is 18.2 Å². The molecule has 1 aromatic carbocycles. The van der Waals surface area contributed by atoms with Crippen molar-refractivity contribution < 1.29 is 14.3 Å². The number of hydrogen-bond donors (Lipinski definition) is 2. The monoisotopic (exact) mass is 460 g/mol. The molecule has 0 unspecified atom stereocenters. The van der Waals surface area contributed by atoms with Crippen molar-refractivity contribution >= 4 is 23.7 Å². The molecule has 1 aromatic heterocycles. The van der Waals surface area contributed by atoms with Crippen molar-refractivity contribution in [3.05, 3.63) is 71.1 Å². The first-order valence-corrected chi connectivity index (χ1v) is 11.7. The molecule has 2 aliphatic rings. The standard InChI is InChI=1S/C27H32N4O3/c1-4-22(34-23-8-6-5-7-19(23)2)18-31(3)24(32)10-9-20-15-21-16-27(11-13-28-14-12-27)26(33)30-25(21)29-17-20/h4-10,15,17,28H,11-14,16,18H2,1-3H3,(H,29,30,33)/b10-9+,22-4+. The van der Waals surface area contributed by atoms with Crippen LogP contribution in [-0.2, 0) is 16.0 Å². The van der Waals surface area contributed by atoms with E-state index < -0.39 is 0 Å². The second-order valence-electron chi connectivity index (χ2n) is 9.09.